The molecule has 13 heavy (non-hydrogen) atoms. The van der Waals surface area contributed by atoms with Gasteiger partial charge >= 0.3 is 0 Å². The average Bonchev–Trinajstić information content (AvgIpc) is 2.17. The van der Waals surface area contributed by atoms with Gasteiger partial charge in [-0.05, 0) is 26.0 Å². The van der Waals surface area contributed by atoms with Crippen molar-refractivity contribution in [2.45, 2.75) is 19.4 Å². The van der Waals surface area contributed by atoms with Crippen molar-refractivity contribution in [3.05, 3.63) is 35.4 Å². The summed E-state index contributed by atoms with van der Waals surface area (Å²) in [5.74, 6) is 0. The fraction of sp³-hybridized carbons (Fsp3) is 0.455. The molecule has 1 rings (SSSR count). The summed E-state index contributed by atoms with van der Waals surface area (Å²) in [7, 11) is 1.79. The Bertz CT molecular complexity index is 239. The van der Waals surface area contributed by atoms with Gasteiger partial charge in [-0.3, -0.25) is 0 Å². The predicted molar refractivity (Wildman–Crippen MR) is 53.7 cm³/mol. The smallest absolute Gasteiger partial charge is 0.105 e. The first-order chi connectivity index (χ1) is 6.26. The molecule has 1 N–H and O–H groups in total. The molecule has 1 atom stereocenters. The molecule has 72 valence electrons. The number of aryl methyl sites for hydroxylation is 1. The molecule has 1 unspecified atom stereocenters. The zero-order valence-corrected chi connectivity index (χ0v) is 8.18. The molecule has 0 fully saturated rings. The van der Waals surface area contributed by atoms with Crippen molar-refractivity contribution in [3.63, 3.8) is 0 Å². The van der Waals surface area contributed by atoms with E-state index in [1.807, 2.05) is 0 Å². The number of halogens is 1. The van der Waals surface area contributed by atoms with E-state index in [0.29, 0.717) is 0 Å². The molecule has 0 aliphatic carbocycles. The van der Waals surface area contributed by atoms with Gasteiger partial charge in [-0.25, -0.2) is 4.39 Å². The summed E-state index contributed by atoms with van der Waals surface area (Å²) in [6.45, 7) is 1.73. The van der Waals surface area contributed by atoms with E-state index in [9.17, 15) is 4.39 Å². The van der Waals surface area contributed by atoms with E-state index in [0.717, 1.165) is 6.42 Å². The Hall–Kier alpha value is -0.890. The lowest BCUT2D eigenvalue weighted by molar-refractivity contribution is 0.389. The molecule has 1 aromatic rings. The highest BCUT2D eigenvalue weighted by atomic mass is 19.1. The van der Waals surface area contributed by atoms with Crippen molar-refractivity contribution in [1.29, 1.82) is 0 Å². The Morgan fingerprint density at radius 2 is 1.92 bits per heavy atom. The van der Waals surface area contributed by atoms with Crippen LogP contribution in [0, 0.1) is 6.92 Å². The van der Waals surface area contributed by atoms with Gasteiger partial charge in [0.1, 0.15) is 6.67 Å². The lowest BCUT2D eigenvalue weighted by atomic mass is 10.1. The first-order valence-corrected chi connectivity index (χ1v) is 4.55. The van der Waals surface area contributed by atoms with Gasteiger partial charge in [0, 0.05) is 6.04 Å². The Kier molecular flexibility index (Phi) is 3.90. The predicted octanol–water partition coefficient (Wildman–Crippen LogP) is 2.10. The molecule has 1 nitrogen and oxygen atoms in total. The van der Waals surface area contributed by atoms with E-state index >= 15 is 0 Å². The molecule has 0 aliphatic rings. The highest BCUT2D eigenvalue weighted by molar-refractivity contribution is 5.22. The fourth-order valence-electron chi connectivity index (χ4n) is 1.24. The summed E-state index contributed by atoms with van der Waals surface area (Å²) in [4.78, 5) is 0. The summed E-state index contributed by atoms with van der Waals surface area (Å²) in [6.07, 6.45) is 0.757. The first kappa shape index (κ1) is 10.2. The van der Waals surface area contributed by atoms with E-state index in [4.69, 9.17) is 0 Å². The quantitative estimate of drug-likeness (QED) is 0.750. The number of rotatable bonds is 4. The lowest BCUT2D eigenvalue weighted by Gasteiger charge is -2.11. The van der Waals surface area contributed by atoms with Gasteiger partial charge in [-0.2, -0.15) is 0 Å². The molecule has 0 amide bonds. The number of hydrogen-bond acceptors (Lipinski definition) is 1. The maximum absolute atomic E-state index is 12.4. The summed E-state index contributed by atoms with van der Waals surface area (Å²) in [6, 6.07) is 8.16. The number of benzene rings is 1. The third-order valence-electron chi connectivity index (χ3n) is 2.20. The number of likely N-dealkylation sites (N-methyl/N-ethyl adjacent to an activating group) is 1. The van der Waals surface area contributed by atoms with Crippen LogP contribution < -0.4 is 5.32 Å². The van der Waals surface area contributed by atoms with Crippen LogP contribution in [-0.2, 0) is 6.42 Å². The summed E-state index contributed by atoms with van der Waals surface area (Å²) >= 11 is 0. The van der Waals surface area contributed by atoms with Crippen LogP contribution in [0.4, 0.5) is 4.39 Å². The lowest BCUT2D eigenvalue weighted by Crippen LogP contribution is -2.29. The molecule has 0 aliphatic heterocycles. The van der Waals surface area contributed by atoms with Crippen molar-refractivity contribution in [2.24, 2.45) is 0 Å². The Morgan fingerprint density at radius 3 is 2.38 bits per heavy atom. The monoisotopic (exact) mass is 181 g/mol. The Morgan fingerprint density at radius 1 is 1.31 bits per heavy atom. The Balaban J connectivity index is 2.58. The minimum Gasteiger partial charge on any atom is -0.314 e. The second kappa shape index (κ2) is 4.97. The molecule has 0 saturated carbocycles. The second-order valence-electron chi connectivity index (χ2n) is 3.33. The van der Waals surface area contributed by atoms with Crippen LogP contribution >= 0.6 is 0 Å². The van der Waals surface area contributed by atoms with Crippen LogP contribution in [0.3, 0.4) is 0 Å². The number of nitrogens with one attached hydrogen (secondary N) is 1. The summed E-state index contributed by atoms with van der Waals surface area (Å²) < 4.78 is 12.4. The van der Waals surface area contributed by atoms with Crippen molar-refractivity contribution in [2.75, 3.05) is 13.7 Å². The van der Waals surface area contributed by atoms with Crippen LogP contribution in [-0.4, -0.2) is 19.8 Å². The SMILES string of the molecule is CNC(CF)Cc1ccc(C)cc1. The fourth-order valence-corrected chi connectivity index (χ4v) is 1.24. The summed E-state index contributed by atoms with van der Waals surface area (Å²) in [5, 5.41) is 2.94. The van der Waals surface area contributed by atoms with Gasteiger partial charge < -0.3 is 5.32 Å². The molecular formula is C11H16FN. The Labute approximate surface area is 79.0 Å². The molecule has 0 radical (unpaired) electrons. The van der Waals surface area contributed by atoms with Gasteiger partial charge in [0.2, 0.25) is 0 Å². The van der Waals surface area contributed by atoms with Crippen LogP contribution in [0.25, 0.3) is 0 Å². The average molecular weight is 181 g/mol. The van der Waals surface area contributed by atoms with Crippen LogP contribution in [0.2, 0.25) is 0 Å². The highest BCUT2D eigenvalue weighted by Gasteiger charge is 2.05. The van der Waals surface area contributed by atoms with Crippen LogP contribution in [0.15, 0.2) is 24.3 Å². The highest BCUT2D eigenvalue weighted by Crippen LogP contribution is 2.06. The minimum atomic E-state index is -0.315. The van der Waals surface area contributed by atoms with Crippen molar-refractivity contribution >= 4 is 0 Å². The number of alkyl halides is 1. The minimum absolute atomic E-state index is 0.0530. The standard InChI is InChI=1S/C11H16FN/c1-9-3-5-10(6-4-9)7-11(8-12)13-2/h3-6,11,13H,7-8H2,1-2H3. The molecule has 0 spiro atoms. The van der Waals surface area contributed by atoms with E-state index < -0.39 is 0 Å². The normalized spacial score (nSPS) is 12.8. The molecule has 0 saturated heterocycles. The molecular weight excluding hydrogens is 165 g/mol. The van der Waals surface area contributed by atoms with Gasteiger partial charge in [-0.1, -0.05) is 29.8 Å². The van der Waals surface area contributed by atoms with E-state index in [1.54, 1.807) is 7.05 Å². The maximum Gasteiger partial charge on any atom is 0.105 e. The third-order valence-corrected chi connectivity index (χ3v) is 2.20. The third kappa shape index (κ3) is 3.15. The first-order valence-electron chi connectivity index (χ1n) is 4.55. The van der Waals surface area contributed by atoms with Crippen molar-refractivity contribution in [1.82, 2.24) is 5.32 Å². The molecule has 0 heterocycles. The molecule has 0 bridgehead atoms. The summed E-state index contributed by atoms with van der Waals surface area (Å²) in [5.41, 5.74) is 2.42. The van der Waals surface area contributed by atoms with E-state index in [-0.39, 0.29) is 12.7 Å². The topological polar surface area (TPSA) is 12.0 Å². The largest absolute Gasteiger partial charge is 0.314 e. The molecule has 0 aromatic heterocycles. The van der Waals surface area contributed by atoms with Gasteiger partial charge in [-0.15, -0.1) is 0 Å². The number of hydrogen-bond donors (Lipinski definition) is 1. The van der Waals surface area contributed by atoms with Gasteiger partial charge in [0.05, 0.1) is 0 Å². The van der Waals surface area contributed by atoms with Gasteiger partial charge in [0.25, 0.3) is 0 Å². The van der Waals surface area contributed by atoms with Gasteiger partial charge in [0.15, 0.2) is 0 Å². The molecule has 2 heteroatoms. The van der Waals surface area contributed by atoms with Crippen molar-refractivity contribution in [3.8, 4) is 0 Å². The van der Waals surface area contributed by atoms with E-state index in [1.165, 1.54) is 11.1 Å². The van der Waals surface area contributed by atoms with Crippen LogP contribution in [0.1, 0.15) is 11.1 Å². The van der Waals surface area contributed by atoms with E-state index in [2.05, 4.69) is 36.5 Å². The van der Waals surface area contributed by atoms with Crippen molar-refractivity contribution < 1.29 is 4.39 Å². The molecule has 1 aromatic carbocycles. The van der Waals surface area contributed by atoms with Crippen LogP contribution in [0.5, 0.6) is 0 Å². The second-order valence-corrected chi connectivity index (χ2v) is 3.33. The zero-order valence-electron chi connectivity index (χ0n) is 8.18. The zero-order chi connectivity index (χ0) is 9.68. The maximum atomic E-state index is 12.4.